The average Bonchev–Trinajstić information content (AvgIpc) is 2.38. The maximum Gasteiger partial charge on any atom is 0.305 e. The number of ether oxygens (including phenoxy) is 1. The summed E-state index contributed by atoms with van der Waals surface area (Å²) < 4.78 is 4.58. The van der Waals surface area contributed by atoms with Gasteiger partial charge in [-0.2, -0.15) is 0 Å². The van der Waals surface area contributed by atoms with Crippen LogP contribution in [0, 0.1) is 0 Å². The molecule has 1 aromatic heterocycles. The molecule has 0 fully saturated rings. The quantitative estimate of drug-likeness (QED) is 0.615. The standard InChI is InChI=1S/C12H17N3O2S/c1-15(7-3-4-11(16)17-2)9-5-6-10(12(13)18)14-8-9/h5-6,8H,3-4,7H2,1-2H3,(H2,13,18). The zero-order valence-electron chi connectivity index (χ0n) is 10.5. The number of esters is 1. The Kier molecular flexibility index (Phi) is 5.51. The minimum atomic E-state index is -0.189. The third kappa shape index (κ3) is 4.29. The molecule has 0 amide bonds. The Morgan fingerprint density at radius 1 is 1.56 bits per heavy atom. The van der Waals surface area contributed by atoms with E-state index in [-0.39, 0.29) is 11.0 Å². The van der Waals surface area contributed by atoms with Crippen molar-refractivity contribution in [2.75, 3.05) is 25.6 Å². The molecule has 1 rings (SSSR count). The first kappa shape index (κ1) is 14.4. The van der Waals surface area contributed by atoms with E-state index in [1.807, 2.05) is 18.0 Å². The Balaban J connectivity index is 2.48. The number of carbonyl (C=O) groups excluding carboxylic acids is 1. The van der Waals surface area contributed by atoms with Crippen LogP contribution in [-0.2, 0) is 9.53 Å². The third-order valence-electron chi connectivity index (χ3n) is 2.54. The fourth-order valence-corrected chi connectivity index (χ4v) is 1.57. The van der Waals surface area contributed by atoms with Crippen molar-refractivity contribution >= 4 is 28.9 Å². The molecule has 0 unspecified atom stereocenters. The molecule has 18 heavy (non-hydrogen) atoms. The van der Waals surface area contributed by atoms with Gasteiger partial charge in [0.2, 0.25) is 0 Å². The second-order valence-corrected chi connectivity index (χ2v) is 4.31. The first-order chi connectivity index (χ1) is 8.54. The maximum atomic E-state index is 11.0. The Morgan fingerprint density at radius 3 is 2.78 bits per heavy atom. The average molecular weight is 267 g/mol. The van der Waals surface area contributed by atoms with Crippen molar-refractivity contribution in [1.82, 2.24) is 4.98 Å². The molecule has 0 aliphatic rings. The molecule has 1 heterocycles. The van der Waals surface area contributed by atoms with E-state index in [9.17, 15) is 4.79 Å². The van der Waals surface area contributed by atoms with Crippen molar-refractivity contribution in [3.05, 3.63) is 24.0 Å². The van der Waals surface area contributed by atoms with Crippen molar-refractivity contribution in [3.63, 3.8) is 0 Å². The molecule has 98 valence electrons. The third-order valence-corrected chi connectivity index (χ3v) is 2.75. The fraction of sp³-hybridized carbons (Fsp3) is 0.417. The molecular formula is C12H17N3O2S. The second-order valence-electron chi connectivity index (χ2n) is 3.87. The summed E-state index contributed by atoms with van der Waals surface area (Å²) in [6.07, 6.45) is 2.87. The molecule has 0 atom stereocenters. The van der Waals surface area contributed by atoms with E-state index in [2.05, 4.69) is 9.72 Å². The molecule has 1 aromatic rings. The number of nitrogens with zero attached hydrogens (tertiary/aromatic N) is 2. The maximum absolute atomic E-state index is 11.0. The molecule has 0 saturated carbocycles. The normalized spacial score (nSPS) is 9.89. The van der Waals surface area contributed by atoms with E-state index in [4.69, 9.17) is 18.0 Å². The van der Waals surface area contributed by atoms with Gasteiger partial charge in [0.15, 0.2) is 0 Å². The topological polar surface area (TPSA) is 68.5 Å². The van der Waals surface area contributed by atoms with Gasteiger partial charge in [-0.1, -0.05) is 12.2 Å². The zero-order chi connectivity index (χ0) is 13.5. The van der Waals surface area contributed by atoms with E-state index in [0.29, 0.717) is 12.1 Å². The van der Waals surface area contributed by atoms with E-state index in [1.54, 1.807) is 12.3 Å². The first-order valence-corrected chi connectivity index (χ1v) is 5.99. The van der Waals surface area contributed by atoms with Crippen LogP contribution < -0.4 is 10.6 Å². The molecule has 0 aliphatic heterocycles. The van der Waals surface area contributed by atoms with Gasteiger partial charge in [0.05, 0.1) is 24.7 Å². The van der Waals surface area contributed by atoms with Crippen molar-refractivity contribution in [2.24, 2.45) is 5.73 Å². The van der Waals surface area contributed by atoms with Gasteiger partial charge in [0.1, 0.15) is 4.99 Å². The van der Waals surface area contributed by atoms with Gasteiger partial charge >= 0.3 is 5.97 Å². The SMILES string of the molecule is COC(=O)CCCN(C)c1ccc(C(N)=S)nc1. The van der Waals surface area contributed by atoms with Crippen LogP contribution in [0.5, 0.6) is 0 Å². The van der Waals surface area contributed by atoms with E-state index < -0.39 is 0 Å². The summed E-state index contributed by atoms with van der Waals surface area (Å²) in [6, 6.07) is 3.69. The molecule has 0 aromatic carbocycles. The molecule has 2 N–H and O–H groups in total. The Morgan fingerprint density at radius 2 is 2.28 bits per heavy atom. The lowest BCUT2D eigenvalue weighted by Gasteiger charge is -2.18. The highest BCUT2D eigenvalue weighted by atomic mass is 32.1. The molecule has 0 aliphatic carbocycles. The summed E-state index contributed by atoms with van der Waals surface area (Å²) in [5.41, 5.74) is 7.04. The van der Waals surface area contributed by atoms with Crippen LogP contribution in [0.1, 0.15) is 18.5 Å². The number of anilines is 1. The van der Waals surface area contributed by atoms with E-state index >= 15 is 0 Å². The Labute approximate surface area is 112 Å². The number of pyridine rings is 1. The van der Waals surface area contributed by atoms with Crippen molar-refractivity contribution in [1.29, 1.82) is 0 Å². The van der Waals surface area contributed by atoms with Gasteiger partial charge in [0, 0.05) is 20.0 Å². The smallest absolute Gasteiger partial charge is 0.305 e. The largest absolute Gasteiger partial charge is 0.469 e. The fourth-order valence-electron chi connectivity index (χ4n) is 1.45. The number of nitrogens with two attached hydrogens (primary N) is 1. The number of thiocarbonyl (C=S) groups is 1. The number of hydrogen-bond acceptors (Lipinski definition) is 5. The number of methoxy groups -OCH3 is 1. The lowest BCUT2D eigenvalue weighted by atomic mass is 10.2. The summed E-state index contributed by atoms with van der Waals surface area (Å²) >= 11 is 4.83. The van der Waals surface area contributed by atoms with Crippen LogP contribution in [0.2, 0.25) is 0 Å². The summed E-state index contributed by atoms with van der Waals surface area (Å²) in [7, 11) is 3.33. The van der Waals surface area contributed by atoms with Gasteiger partial charge in [-0.05, 0) is 18.6 Å². The van der Waals surface area contributed by atoms with Gasteiger partial charge in [-0.15, -0.1) is 0 Å². The molecular weight excluding hydrogens is 250 g/mol. The highest BCUT2D eigenvalue weighted by Crippen LogP contribution is 2.12. The summed E-state index contributed by atoms with van der Waals surface area (Å²) in [6.45, 7) is 0.753. The van der Waals surface area contributed by atoms with Crippen LogP contribution in [0.15, 0.2) is 18.3 Å². The van der Waals surface area contributed by atoms with Gasteiger partial charge in [0.25, 0.3) is 0 Å². The number of carbonyl (C=O) groups is 1. The second kappa shape index (κ2) is 6.90. The lowest BCUT2D eigenvalue weighted by Crippen LogP contribution is -2.20. The minimum Gasteiger partial charge on any atom is -0.469 e. The van der Waals surface area contributed by atoms with Crippen LogP contribution >= 0.6 is 12.2 Å². The lowest BCUT2D eigenvalue weighted by molar-refractivity contribution is -0.140. The summed E-state index contributed by atoms with van der Waals surface area (Å²) in [5.74, 6) is -0.189. The zero-order valence-corrected chi connectivity index (χ0v) is 11.4. The highest BCUT2D eigenvalue weighted by Gasteiger charge is 2.05. The minimum absolute atomic E-state index is 0.189. The molecule has 0 spiro atoms. The first-order valence-electron chi connectivity index (χ1n) is 5.58. The number of hydrogen-bond donors (Lipinski definition) is 1. The van der Waals surface area contributed by atoms with E-state index in [0.717, 1.165) is 18.7 Å². The number of aromatic nitrogens is 1. The molecule has 0 radical (unpaired) electrons. The van der Waals surface area contributed by atoms with E-state index in [1.165, 1.54) is 7.11 Å². The summed E-state index contributed by atoms with van der Waals surface area (Å²) in [5, 5.41) is 0. The molecule has 6 heteroatoms. The predicted molar refractivity (Wildman–Crippen MR) is 74.6 cm³/mol. The Hall–Kier alpha value is -1.69. The molecule has 0 saturated heterocycles. The predicted octanol–water partition coefficient (Wildman–Crippen LogP) is 1.11. The van der Waals surface area contributed by atoms with Gasteiger partial charge in [-0.25, -0.2) is 0 Å². The van der Waals surface area contributed by atoms with Gasteiger partial charge < -0.3 is 15.4 Å². The summed E-state index contributed by atoms with van der Waals surface area (Å²) in [4.78, 5) is 17.4. The van der Waals surface area contributed by atoms with Gasteiger partial charge in [-0.3, -0.25) is 9.78 Å². The molecule has 0 bridgehead atoms. The van der Waals surface area contributed by atoms with Crippen molar-refractivity contribution < 1.29 is 9.53 Å². The molecule has 5 nitrogen and oxygen atoms in total. The van der Waals surface area contributed by atoms with Crippen LogP contribution in [0.4, 0.5) is 5.69 Å². The van der Waals surface area contributed by atoms with Crippen molar-refractivity contribution in [2.45, 2.75) is 12.8 Å². The van der Waals surface area contributed by atoms with Crippen LogP contribution in [-0.4, -0.2) is 36.6 Å². The van der Waals surface area contributed by atoms with Crippen molar-refractivity contribution in [3.8, 4) is 0 Å². The number of rotatable bonds is 6. The van der Waals surface area contributed by atoms with Crippen LogP contribution in [0.25, 0.3) is 0 Å². The Bertz CT molecular complexity index is 420. The highest BCUT2D eigenvalue weighted by molar-refractivity contribution is 7.80. The monoisotopic (exact) mass is 267 g/mol. The van der Waals surface area contributed by atoms with Crippen LogP contribution in [0.3, 0.4) is 0 Å².